The second-order valence-corrected chi connectivity index (χ2v) is 6.21. The lowest BCUT2D eigenvalue weighted by Gasteiger charge is -2.36. The van der Waals surface area contributed by atoms with Crippen LogP contribution in [-0.4, -0.2) is 6.16 Å². The van der Waals surface area contributed by atoms with Crippen molar-refractivity contribution in [3.05, 3.63) is 0 Å². The van der Waals surface area contributed by atoms with Crippen molar-refractivity contribution in [3.63, 3.8) is 0 Å². The molecule has 0 aromatic carbocycles. The predicted octanol–water partition coefficient (Wildman–Crippen LogP) is 5.43. The van der Waals surface area contributed by atoms with Crippen LogP contribution in [0.25, 0.3) is 0 Å². The van der Waals surface area contributed by atoms with Gasteiger partial charge in [0.05, 0.1) is 0 Å². The van der Waals surface area contributed by atoms with Crippen LogP contribution in [0, 0.1) is 0 Å². The van der Waals surface area contributed by atoms with Crippen molar-refractivity contribution in [1.29, 1.82) is 0 Å². The highest BCUT2D eigenvalue weighted by Crippen LogP contribution is 2.99. The van der Waals surface area contributed by atoms with Gasteiger partial charge in [0, 0.05) is 0 Å². The molecule has 0 heterocycles. The maximum absolute atomic E-state index is 11.2. The molecule has 0 rings (SSSR count). The number of carbonyl (C=O) groups excluding carboxylic acids is 1. The molecule has 0 unspecified atom stereocenters. The quantitative estimate of drug-likeness (QED) is 0.386. The van der Waals surface area contributed by atoms with E-state index in [4.69, 9.17) is 0 Å². The van der Waals surface area contributed by atoms with Crippen molar-refractivity contribution in [2.75, 3.05) is 0 Å². The first-order chi connectivity index (χ1) is 7.05. The van der Waals surface area contributed by atoms with E-state index in [0.717, 1.165) is 0 Å². The van der Waals surface area contributed by atoms with Crippen LogP contribution in [0.4, 0.5) is 43.7 Å². The molecule has 5 nitrogen and oxygen atoms in total. The summed E-state index contributed by atoms with van der Waals surface area (Å²) in [5.41, 5.74) is 0. The van der Waals surface area contributed by atoms with Gasteiger partial charge in [-0.3, -0.25) is 0 Å². The predicted molar refractivity (Wildman–Crippen MR) is 36.0 cm³/mol. The standard InChI is InChI=1S/CF10O5S2/c2-17(3,4,5,6)15-13-1(12)14-16-18(7,8,9,10)11. The molecule has 0 aliphatic carbocycles. The molecular weight excluding hydrogens is 346 g/mol. The molecule has 0 fully saturated rings. The number of carbonyl (C=O) groups is 1. The zero-order valence-corrected chi connectivity index (χ0v) is 8.77. The van der Waals surface area contributed by atoms with Gasteiger partial charge in [0.25, 0.3) is 0 Å². The molecule has 0 aromatic rings. The SMILES string of the molecule is O=C(OOS(F)(F)(F)(F)F)OOS(F)(F)(F)(F)F. The molecule has 0 bridgehead atoms. The van der Waals surface area contributed by atoms with Crippen molar-refractivity contribution < 1.29 is 62.1 Å². The normalized spacial score (nSPS) is 21.0. The van der Waals surface area contributed by atoms with Crippen molar-refractivity contribution >= 4 is 27.2 Å². The summed E-state index contributed by atoms with van der Waals surface area (Å²) in [6, 6.07) is 0. The molecule has 0 atom stereocenters. The Morgan fingerprint density at radius 2 is 0.833 bits per heavy atom. The van der Waals surface area contributed by atoms with Gasteiger partial charge in [-0.15, -0.1) is 0 Å². The number of halogens is 10. The molecule has 0 aliphatic rings. The number of hydrogen-bond donors (Lipinski definition) is 0. The average Bonchev–Trinajstić information content (AvgIpc) is 1.89. The van der Waals surface area contributed by atoms with Crippen LogP contribution in [0.3, 0.4) is 0 Å². The van der Waals surface area contributed by atoms with E-state index in [0.29, 0.717) is 0 Å². The summed E-state index contributed by atoms with van der Waals surface area (Å²) >= 11 is 0. The molecule has 0 N–H and O–H groups in total. The van der Waals surface area contributed by atoms with Gasteiger partial charge < -0.3 is 0 Å². The summed E-state index contributed by atoms with van der Waals surface area (Å²) < 4.78 is 115. The first-order valence-corrected chi connectivity index (χ1v) is 6.57. The lowest BCUT2D eigenvalue weighted by molar-refractivity contribution is -0.261. The molecular formula is CF10O5S2. The Hall–Kier alpha value is -0.810. The van der Waals surface area contributed by atoms with Gasteiger partial charge in [-0.05, 0) is 8.67 Å². The van der Waals surface area contributed by atoms with E-state index in [1.165, 1.54) is 8.67 Å². The zero-order chi connectivity index (χ0) is 15.2. The minimum atomic E-state index is -10.8. The van der Waals surface area contributed by atoms with E-state index >= 15 is 0 Å². The van der Waals surface area contributed by atoms with E-state index in [2.05, 4.69) is 0 Å². The third-order valence-electron chi connectivity index (χ3n) is 0.461. The molecule has 0 aromatic heterocycles. The summed E-state index contributed by atoms with van der Waals surface area (Å²) in [6.07, 6.45) is -3.39. The highest BCUT2D eigenvalue weighted by molar-refractivity contribution is 8.42. The molecule has 116 valence electrons. The smallest absolute Gasteiger partial charge is 0.237 e. The molecule has 0 saturated heterocycles. The maximum Gasteiger partial charge on any atom is 0.575 e. The summed E-state index contributed by atoms with van der Waals surface area (Å²) in [7, 11) is -21.5. The van der Waals surface area contributed by atoms with Gasteiger partial charge in [-0.1, -0.05) is 38.9 Å². The Labute approximate surface area is 90.2 Å². The maximum atomic E-state index is 11.2. The third kappa shape index (κ3) is 13.3. The topological polar surface area (TPSA) is 54.0 Å². The highest BCUT2D eigenvalue weighted by atomic mass is 32.5. The largest absolute Gasteiger partial charge is 0.575 e. The van der Waals surface area contributed by atoms with Crippen molar-refractivity contribution in [1.82, 2.24) is 0 Å². The molecule has 0 saturated carbocycles. The Morgan fingerprint density at radius 3 is 1.00 bits per heavy atom. The third-order valence-corrected chi connectivity index (χ3v) is 1.11. The van der Waals surface area contributed by atoms with E-state index < -0.39 is 27.2 Å². The second kappa shape index (κ2) is 2.85. The van der Waals surface area contributed by atoms with Crippen molar-refractivity contribution in [3.8, 4) is 0 Å². The fraction of sp³-hybridized carbons (Fsp3) is 0. The van der Waals surface area contributed by atoms with E-state index in [-0.39, 0.29) is 0 Å². The van der Waals surface area contributed by atoms with Crippen LogP contribution in [0.15, 0.2) is 0 Å². The number of hydrogen-bond acceptors (Lipinski definition) is 5. The van der Waals surface area contributed by atoms with E-state index in [1.807, 2.05) is 9.78 Å². The minimum absolute atomic E-state index is 1.33. The molecule has 0 aliphatic heterocycles. The molecule has 0 spiro atoms. The second-order valence-electron chi connectivity index (χ2n) is 2.35. The van der Waals surface area contributed by atoms with E-state index in [1.54, 1.807) is 0 Å². The molecule has 18 heavy (non-hydrogen) atoms. The van der Waals surface area contributed by atoms with Gasteiger partial charge in [0.1, 0.15) is 0 Å². The Bertz CT molecular complexity index is 322. The lowest BCUT2D eigenvalue weighted by Crippen LogP contribution is -2.19. The summed E-state index contributed by atoms with van der Waals surface area (Å²) in [4.78, 5) is 13.7. The van der Waals surface area contributed by atoms with Gasteiger partial charge in [-0.2, -0.15) is 4.79 Å². The Balaban J connectivity index is 4.45. The van der Waals surface area contributed by atoms with Gasteiger partial charge in [0.2, 0.25) is 0 Å². The highest BCUT2D eigenvalue weighted by Gasteiger charge is 2.70. The van der Waals surface area contributed by atoms with E-state index in [9.17, 15) is 43.7 Å². The Kier molecular flexibility index (Phi) is 2.72. The van der Waals surface area contributed by atoms with Crippen LogP contribution in [-0.2, 0) is 18.4 Å². The van der Waals surface area contributed by atoms with Crippen LogP contribution < -0.4 is 0 Å². The summed E-state index contributed by atoms with van der Waals surface area (Å²) in [6.45, 7) is 0. The summed E-state index contributed by atoms with van der Waals surface area (Å²) in [5.74, 6) is 0. The first kappa shape index (κ1) is 17.2. The fourth-order valence-electron chi connectivity index (χ4n) is 0.198. The fourth-order valence-corrected chi connectivity index (χ4v) is 0.566. The minimum Gasteiger partial charge on any atom is -0.237 e. The average molecular weight is 346 g/mol. The lowest BCUT2D eigenvalue weighted by atomic mass is 11.4. The van der Waals surface area contributed by atoms with Crippen LogP contribution in [0.1, 0.15) is 0 Å². The molecule has 0 amide bonds. The van der Waals surface area contributed by atoms with Crippen LogP contribution in [0.5, 0.6) is 0 Å². The van der Waals surface area contributed by atoms with Gasteiger partial charge in [0.15, 0.2) is 0 Å². The first-order valence-electron chi connectivity index (χ1n) is 2.82. The van der Waals surface area contributed by atoms with Crippen molar-refractivity contribution in [2.45, 2.75) is 0 Å². The van der Waals surface area contributed by atoms with Gasteiger partial charge >= 0.3 is 27.2 Å². The number of rotatable bonds is 4. The molecule has 17 heteroatoms. The van der Waals surface area contributed by atoms with Gasteiger partial charge in [-0.25, -0.2) is 9.78 Å². The summed E-state index contributed by atoms with van der Waals surface area (Å²) in [5, 5.41) is 0. The zero-order valence-electron chi connectivity index (χ0n) is 7.14. The monoisotopic (exact) mass is 346 g/mol. The van der Waals surface area contributed by atoms with Crippen LogP contribution in [0.2, 0.25) is 0 Å². The Morgan fingerprint density at radius 1 is 0.611 bits per heavy atom. The van der Waals surface area contributed by atoms with Crippen LogP contribution >= 0.6 is 21.0 Å². The molecule has 0 radical (unpaired) electrons. The van der Waals surface area contributed by atoms with Crippen molar-refractivity contribution in [2.24, 2.45) is 0 Å².